The molecule has 0 aromatic heterocycles. The minimum absolute atomic E-state index is 0.0810. The molecule has 2 heterocycles. The van der Waals surface area contributed by atoms with Crippen LogP contribution in [0.15, 0.2) is 0 Å². The highest BCUT2D eigenvalue weighted by Gasteiger charge is 2.28. The van der Waals surface area contributed by atoms with Crippen molar-refractivity contribution in [1.82, 2.24) is 15.1 Å². The van der Waals surface area contributed by atoms with E-state index in [2.05, 4.69) is 31.0 Å². The number of hydrogen-bond donors (Lipinski definition) is 1. The van der Waals surface area contributed by atoms with E-state index >= 15 is 0 Å². The molecule has 0 unspecified atom stereocenters. The number of nitrogens with zero attached hydrogens (tertiary/aromatic N) is 2. The lowest BCUT2D eigenvalue weighted by molar-refractivity contribution is 0.0502. The van der Waals surface area contributed by atoms with Crippen molar-refractivity contribution in [2.24, 2.45) is 0 Å². The minimum Gasteiger partial charge on any atom is -0.378 e. The van der Waals surface area contributed by atoms with E-state index in [0.717, 1.165) is 25.9 Å². The summed E-state index contributed by atoms with van der Waals surface area (Å²) in [6, 6.07) is 0.409. The lowest BCUT2D eigenvalue weighted by Gasteiger charge is -2.41. The van der Waals surface area contributed by atoms with E-state index in [1.54, 1.807) is 0 Å². The summed E-state index contributed by atoms with van der Waals surface area (Å²) in [6.07, 6.45) is 2.10. The number of carbonyl (C=O) groups is 1. The van der Waals surface area contributed by atoms with Crippen LogP contribution in [0.3, 0.4) is 0 Å². The summed E-state index contributed by atoms with van der Waals surface area (Å²) in [5.74, 6) is 0. The number of nitrogens with one attached hydrogen (secondary N) is 1. The van der Waals surface area contributed by atoms with E-state index in [0.29, 0.717) is 32.3 Å². The Morgan fingerprint density at radius 1 is 1.11 bits per heavy atom. The van der Waals surface area contributed by atoms with Gasteiger partial charge in [-0.1, -0.05) is 0 Å². The van der Waals surface area contributed by atoms with E-state index in [1.165, 1.54) is 0 Å². The fourth-order valence-electron chi connectivity index (χ4n) is 2.73. The van der Waals surface area contributed by atoms with Gasteiger partial charge in [0.25, 0.3) is 0 Å². The first-order valence-corrected chi connectivity index (χ1v) is 7.35. The highest BCUT2D eigenvalue weighted by Crippen LogP contribution is 2.20. The van der Waals surface area contributed by atoms with Crippen molar-refractivity contribution in [3.05, 3.63) is 0 Å². The van der Waals surface area contributed by atoms with Gasteiger partial charge in [-0.05, 0) is 33.6 Å². The highest BCUT2D eigenvalue weighted by atomic mass is 16.5. The molecule has 19 heavy (non-hydrogen) atoms. The molecular formula is C14H27N3O2. The number of morpholine rings is 1. The quantitative estimate of drug-likeness (QED) is 0.780. The van der Waals surface area contributed by atoms with Gasteiger partial charge in [-0.25, -0.2) is 4.79 Å². The average molecular weight is 269 g/mol. The second-order valence-electron chi connectivity index (χ2n) is 6.48. The van der Waals surface area contributed by atoms with Gasteiger partial charge in [0.2, 0.25) is 0 Å². The van der Waals surface area contributed by atoms with E-state index in [9.17, 15) is 4.79 Å². The minimum atomic E-state index is 0.0810. The summed E-state index contributed by atoms with van der Waals surface area (Å²) in [6.45, 7) is 11.6. The molecule has 2 saturated heterocycles. The zero-order valence-electron chi connectivity index (χ0n) is 12.4. The number of piperidine rings is 1. The highest BCUT2D eigenvalue weighted by molar-refractivity contribution is 5.74. The smallest absolute Gasteiger partial charge is 0.317 e. The molecule has 0 radical (unpaired) electrons. The molecule has 0 atom stereocenters. The molecule has 0 aromatic carbocycles. The van der Waals surface area contributed by atoms with Gasteiger partial charge in [0.1, 0.15) is 0 Å². The molecule has 5 heteroatoms. The summed E-state index contributed by atoms with van der Waals surface area (Å²) in [5, 5.41) is 3.17. The molecular weight excluding hydrogens is 242 g/mol. The van der Waals surface area contributed by atoms with Crippen LogP contribution in [0.2, 0.25) is 0 Å². The predicted molar refractivity (Wildman–Crippen MR) is 75.3 cm³/mol. The fraction of sp³-hybridized carbons (Fsp3) is 0.929. The summed E-state index contributed by atoms with van der Waals surface area (Å²) in [5.41, 5.74) is 0.235. The van der Waals surface area contributed by atoms with Gasteiger partial charge in [-0.3, -0.25) is 4.90 Å². The Morgan fingerprint density at radius 3 is 2.21 bits per heavy atom. The molecule has 0 spiro atoms. The lowest BCUT2D eigenvalue weighted by Crippen LogP contribution is -2.54. The molecule has 0 saturated carbocycles. The van der Waals surface area contributed by atoms with Gasteiger partial charge >= 0.3 is 6.03 Å². The van der Waals surface area contributed by atoms with Gasteiger partial charge in [-0.15, -0.1) is 0 Å². The molecule has 2 aliphatic heterocycles. The van der Waals surface area contributed by atoms with Gasteiger partial charge < -0.3 is 15.0 Å². The second kappa shape index (κ2) is 6.09. The molecule has 0 aliphatic carbocycles. The first-order valence-electron chi connectivity index (χ1n) is 7.35. The van der Waals surface area contributed by atoms with Crippen molar-refractivity contribution in [2.75, 3.05) is 39.4 Å². The van der Waals surface area contributed by atoms with Crippen molar-refractivity contribution in [3.63, 3.8) is 0 Å². The van der Waals surface area contributed by atoms with Crippen LogP contribution >= 0.6 is 0 Å². The van der Waals surface area contributed by atoms with Crippen LogP contribution in [0.1, 0.15) is 33.6 Å². The van der Waals surface area contributed by atoms with Crippen LogP contribution in [0.4, 0.5) is 4.79 Å². The van der Waals surface area contributed by atoms with Gasteiger partial charge in [-0.2, -0.15) is 0 Å². The summed E-state index contributed by atoms with van der Waals surface area (Å²) < 4.78 is 5.26. The van der Waals surface area contributed by atoms with Crippen molar-refractivity contribution in [3.8, 4) is 0 Å². The lowest BCUT2D eigenvalue weighted by atomic mass is 9.98. The van der Waals surface area contributed by atoms with Crippen LogP contribution in [-0.2, 0) is 4.74 Å². The molecule has 2 amide bonds. The zero-order valence-corrected chi connectivity index (χ0v) is 12.4. The van der Waals surface area contributed by atoms with Crippen molar-refractivity contribution < 1.29 is 9.53 Å². The first kappa shape index (κ1) is 14.6. The Bertz CT molecular complexity index is 300. The molecule has 0 bridgehead atoms. The summed E-state index contributed by atoms with van der Waals surface area (Å²) in [7, 11) is 0. The van der Waals surface area contributed by atoms with Crippen molar-refractivity contribution in [2.45, 2.75) is 45.2 Å². The Labute approximate surface area is 116 Å². The number of likely N-dealkylation sites (tertiary alicyclic amines) is 1. The Kier molecular flexibility index (Phi) is 4.68. The van der Waals surface area contributed by atoms with Gasteiger partial charge in [0.15, 0.2) is 0 Å². The standard InChI is InChI=1S/C14H27N3O2/c1-14(2,3)17-6-4-12(5-7-17)15-13(18)16-8-10-19-11-9-16/h12H,4-11H2,1-3H3,(H,15,18). The largest absolute Gasteiger partial charge is 0.378 e. The molecule has 2 aliphatic rings. The Morgan fingerprint density at radius 2 is 1.68 bits per heavy atom. The predicted octanol–water partition coefficient (Wildman–Crippen LogP) is 1.29. The molecule has 2 rings (SSSR count). The molecule has 1 N–H and O–H groups in total. The second-order valence-corrected chi connectivity index (χ2v) is 6.48. The average Bonchev–Trinajstić information content (AvgIpc) is 2.39. The van der Waals surface area contributed by atoms with Crippen molar-refractivity contribution >= 4 is 6.03 Å². The number of carbonyl (C=O) groups excluding carboxylic acids is 1. The maximum absolute atomic E-state index is 12.1. The number of ether oxygens (including phenoxy) is 1. The molecule has 5 nitrogen and oxygen atoms in total. The maximum Gasteiger partial charge on any atom is 0.317 e. The first-order chi connectivity index (χ1) is 8.97. The third-order valence-corrected chi connectivity index (χ3v) is 4.07. The Balaban J connectivity index is 1.74. The number of rotatable bonds is 1. The SMILES string of the molecule is CC(C)(C)N1CCC(NC(=O)N2CCOCC2)CC1. The molecule has 0 aromatic rings. The third kappa shape index (κ3) is 4.08. The summed E-state index contributed by atoms with van der Waals surface area (Å²) >= 11 is 0. The van der Waals surface area contributed by atoms with E-state index in [1.807, 2.05) is 4.90 Å². The summed E-state index contributed by atoms with van der Waals surface area (Å²) in [4.78, 5) is 16.4. The van der Waals surface area contributed by atoms with Crippen LogP contribution < -0.4 is 5.32 Å². The van der Waals surface area contributed by atoms with Crippen LogP contribution in [0.25, 0.3) is 0 Å². The normalized spacial score (nSPS) is 23.4. The van der Waals surface area contributed by atoms with E-state index in [4.69, 9.17) is 4.74 Å². The Hall–Kier alpha value is -0.810. The van der Waals surface area contributed by atoms with Crippen LogP contribution in [0, 0.1) is 0 Å². The monoisotopic (exact) mass is 269 g/mol. The van der Waals surface area contributed by atoms with Crippen LogP contribution in [-0.4, -0.2) is 66.8 Å². The van der Waals surface area contributed by atoms with Crippen LogP contribution in [0.5, 0.6) is 0 Å². The maximum atomic E-state index is 12.1. The van der Waals surface area contributed by atoms with E-state index < -0.39 is 0 Å². The fourth-order valence-corrected chi connectivity index (χ4v) is 2.73. The number of amides is 2. The van der Waals surface area contributed by atoms with Gasteiger partial charge in [0, 0.05) is 37.8 Å². The zero-order chi connectivity index (χ0) is 13.9. The third-order valence-electron chi connectivity index (χ3n) is 4.07. The van der Waals surface area contributed by atoms with Gasteiger partial charge in [0.05, 0.1) is 13.2 Å². The molecule has 110 valence electrons. The van der Waals surface area contributed by atoms with E-state index in [-0.39, 0.29) is 11.6 Å². The number of urea groups is 1. The topological polar surface area (TPSA) is 44.8 Å². The number of hydrogen-bond acceptors (Lipinski definition) is 3. The molecule has 2 fully saturated rings. The van der Waals surface area contributed by atoms with Crippen molar-refractivity contribution in [1.29, 1.82) is 0 Å².